The molecule has 2 N–H and O–H groups in total. The highest BCUT2D eigenvalue weighted by Gasteiger charge is 2.35. The standard InChI is InChI=1S/C16H22N4O3/c1-10-13(20-23-19-10)9-15(22)17-12-7-8-14(21)18-16(12)11-5-3-2-4-6-11/h2-3,11-12,16H,4-9H2,1H3,(H,17,22)(H,18,21)/t11?,12-,16+/m1/s1. The van der Waals surface area contributed by atoms with Crippen molar-refractivity contribution >= 4 is 11.8 Å². The summed E-state index contributed by atoms with van der Waals surface area (Å²) in [6.45, 7) is 1.76. The second-order valence-electron chi connectivity index (χ2n) is 6.32. The fraction of sp³-hybridized carbons (Fsp3) is 0.625. The number of allylic oxidation sites excluding steroid dienone is 2. The van der Waals surface area contributed by atoms with Crippen LogP contribution in [0.3, 0.4) is 0 Å². The van der Waals surface area contributed by atoms with Gasteiger partial charge in [0.1, 0.15) is 11.4 Å². The van der Waals surface area contributed by atoms with Gasteiger partial charge in [-0.3, -0.25) is 9.59 Å². The molecule has 1 aliphatic heterocycles. The zero-order chi connectivity index (χ0) is 16.2. The van der Waals surface area contributed by atoms with Gasteiger partial charge >= 0.3 is 0 Å². The molecule has 1 aliphatic carbocycles. The van der Waals surface area contributed by atoms with Crippen LogP contribution in [0.4, 0.5) is 0 Å². The number of piperidine rings is 1. The van der Waals surface area contributed by atoms with E-state index in [-0.39, 0.29) is 30.3 Å². The van der Waals surface area contributed by atoms with E-state index >= 15 is 0 Å². The Morgan fingerprint density at radius 1 is 1.39 bits per heavy atom. The van der Waals surface area contributed by atoms with Crippen LogP contribution in [0.25, 0.3) is 0 Å². The molecule has 2 aliphatic rings. The third kappa shape index (κ3) is 3.78. The monoisotopic (exact) mass is 318 g/mol. The predicted molar refractivity (Wildman–Crippen MR) is 82.3 cm³/mol. The molecule has 3 rings (SSSR count). The van der Waals surface area contributed by atoms with Crippen molar-refractivity contribution in [2.24, 2.45) is 5.92 Å². The third-order valence-corrected chi connectivity index (χ3v) is 4.68. The van der Waals surface area contributed by atoms with Gasteiger partial charge in [-0.2, -0.15) is 0 Å². The lowest BCUT2D eigenvalue weighted by atomic mass is 9.81. The molecular weight excluding hydrogens is 296 g/mol. The molecule has 0 radical (unpaired) electrons. The molecule has 2 amide bonds. The fourth-order valence-electron chi connectivity index (χ4n) is 3.40. The molecular formula is C16H22N4O3. The van der Waals surface area contributed by atoms with E-state index in [1.54, 1.807) is 6.92 Å². The molecule has 0 spiro atoms. The summed E-state index contributed by atoms with van der Waals surface area (Å²) in [6.07, 6.45) is 8.64. The number of aryl methyl sites for hydroxylation is 1. The summed E-state index contributed by atoms with van der Waals surface area (Å²) in [7, 11) is 0. The smallest absolute Gasteiger partial charge is 0.226 e. The van der Waals surface area contributed by atoms with Gasteiger partial charge in [0, 0.05) is 12.5 Å². The van der Waals surface area contributed by atoms with Gasteiger partial charge in [-0.25, -0.2) is 4.63 Å². The first-order chi connectivity index (χ1) is 11.1. The van der Waals surface area contributed by atoms with Gasteiger partial charge in [0.05, 0.1) is 12.5 Å². The van der Waals surface area contributed by atoms with Crippen LogP contribution in [0.5, 0.6) is 0 Å². The highest BCUT2D eigenvalue weighted by molar-refractivity contribution is 5.80. The molecule has 124 valence electrons. The van der Waals surface area contributed by atoms with E-state index < -0.39 is 0 Å². The van der Waals surface area contributed by atoms with Crippen LogP contribution in [0.2, 0.25) is 0 Å². The number of carbonyl (C=O) groups is 2. The molecule has 1 saturated heterocycles. The zero-order valence-corrected chi connectivity index (χ0v) is 13.2. The Labute approximate surface area is 134 Å². The molecule has 0 aromatic carbocycles. The summed E-state index contributed by atoms with van der Waals surface area (Å²) in [5, 5.41) is 13.6. The van der Waals surface area contributed by atoms with Crippen molar-refractivity contribution in [1.82, 2.24) is 20.9 Å². The number of carbonyl (C=O) groups excluding carboxylic acids is 2. The van der Waals surface area contributed by atoms with E-state index in [0.29, 0.717) is 30.1 Å². The molecule has 23 heavy (non-hydrogen) atoms. The summed E-state index contributed by atoms with van der Waals surface area (Å²) in [6, 6.07) is -0.0291. The Kier molecular flexibility index (Phi) is 4.73. The summed E-state index contributed by atoms with van der Waals surface area (Å²) in [5.41, 5.74) is 1.19. The lowest BCUT2D eigenvalue weighted by Crippen LogP contribution is -2.58. The van der Waals surface area contributed by atoms with Crippen LogP contribution < -0.4 is 10.6 Å². The highest BCUT2D eigenvalue weighted by Crippen LogP contribution is 2.27. The second-order valence-corrected chi connectivity index (χ2v) is 6.32. The Hall–Kier alpha value is -2.18. The number of hydrogen-bond donors (Lipinski definition) is 2. The maximum Gasteiger partial charge on any atom is 0.226 e. The van der Waals surface area contributed by atoms with E-state index in [1.165, 1.54) is 0 Å². The van der Waals surface area contributed by atoms with Crippen molar-refractivity contribution in [2.45, 2.75) is 57.5 Å². The average molecular weight is 318 g/mol. The number of nitrogens with zero attached hydrogens (tertiary/aromatic N) is 2. The maximum absolute atomic E-state index is 12.3. The maximum atomic E-state index is 12.3. The SMILES string of the molecule is Cc1nonc1CC(=O)N[C@@H]1CCC(=O)N[C@H]1C1CC=CCC1. The van der Waals surface area contributed by atoms with Crippen molar-refractivity contribution in [3.05, 3.63) is 23.5 Å². The Morgan fingerprint density at radius 2 is 2.26 bits per heavy atom. The van der Waals surface area contributed by atoms with Crippen molar-refractivity contribution in [1.29, 1.82) is 0 Å². The molecule has 0 saturated carbocycles. The highest BCUT2D eigenvalue weighted by atomic mass is 16.6. The molecule has 7 nitrogen and oxygen atoms in total. The van der Waals surface area contributed by atoms with Crippen molar-refractivity contribution in [3.8, 4) is 0 Å². The number of amides is 2. The third-order valence-electron chi connectivity index (χ3n) is 4.68. The first kappa shape index (κ1) is 15.7. The first-order valence-electron chi connectivity index (χ1n) is 8.15. The van der Waals surface area contributed by atoms with E-state index in [4.69, 9.17) is 0 Å². The zero-order valence-electron chi connectivity index (χ0n) is 13.2. The van der Waals surface area contributed by atoms with Gasteiger partial charge in [-0.05, 0) is 38.5 Å². The molecule has 3 atom stereocenters. The van der Waals surface area contributed by atoms with Crippen LogP contribution in [0.15, 0.2) is 16.8 Å². The number of nitrogens with one attached hydrogen (secondary N) is 2. The molecule has 1 aromatic heterocycles. The van der Waals surface area contributed by atoms with Gasteiger partial charge < -0.3 is 10.6 Å². The van der Waals surface area contributed by atoms with Gasteiger partial charge in [-0.15, -0.1) is 0 Å². The lowest BCUT2D eigenvalue weighted by molar-refractivity contribution is -0.127. The summed E-state index contributed by atoms with van der Waals surface area (Å²) < 4.78 is 4.62. The van der Waals surface area contributed by atoms with E-state index in [2.05, 4.69) is 37.7 Å². The van der Waals surface area contributed by atoms with Crippen LogP contribution in [-0.2, 0) is 16.0 Å². The average Bonchev–Trinajstić information content (AvgIpc) is 2.95. The number of rotatable bonds is 4. The van der Waals surface area contributed by atoms with Crippen molar-refractivity contribution < 1.29 is 14.2 Å². The van der Waals surface area contributed by atoms with Crippen molar-refractivity contribution in [2.75, 3.05) is 0 Å². The summed E-state index contributed by atoms with van der Waals surface area (Å²) in [4.78, 5) is 24.1. The molecule has 0 bridgehead atoms. The quantitative estimate of drug-likeness (QED) is 0.809. The second kappa shape index (κ2) is 6.93. The van der Waals surface area contributed by atoms with Crippen LogP contribution >= 0.6 is 0 Å². The molecule has 1 fully saturated rings. The lowest BCUT2D eigenvalue weighted by Gasteiger charge is -2.38. The summed E-state index contributed by atoms with van der Waals surface area (Å²) in [5.74, 6) is 0.345. The molecule has 1 unspecified atom stereocenters. The Morgan fingerprint density at radius 3 is 2.96 bits per heavy atom. The number of hydrogen-bond acceptors (Lipinski definition) is 5. The topological polar surface area (TPSA) is 97.1 Å². The number of aromatic nitrogens is 2. The predicted octanol–water partition coefficient (Wildman–Crippen LogP) is 1.04. The van der Waals surface area contributed by atoms with Gasteiger partial charge in [0.15, 0.2) is 0 Å². The van der Waals surface area contributed by atoms with Crippen LogP contribution in [0, 0.1) is 12.8 Å². The van der Waals surface area contributed by atoms with E-state index in [9.17, 15) is 9.59 Å². The molecule has 1 aromatic rings. The normalized spacial score (nSPS) is 27.5. The van der Waals surface area contributed by atoms with E-state index in [1.807, 2.05) is 0 Å². The van der Waals surface area contributed by atoms with Crippen LogP contribution in [-0.4, -0.2) is 34.2 Å². The minimum absolute atomic E-state index is 0.00156. The van der Waals surface area contributed by atoms with Gasteiger partial charge in [0.2, 0.25) is 11.8 Å². The van der Waals surface area contributed by atoms with Crippen molar-refractivity contribution in [3.63, 3.8) is 0 Å². The Bertz CT molecular complexity index is 610. The largest absolute Gasteiger partial charge is 0.351 e. The molecule has 2 heterocycles. The van der Waals surface area contributed by atoms with Crippen LogP contribution in [0.1, 0.15) is 43.5 Å². The first-order valence-corrected chi connectivity index (χ1v) is 8.15. The fourth-order valence-corrected chi connectivity index (χ4v) is 3.40. The Balaban J connectivity index is 1.63. The van der Waals surface area contributed by atoms with Gasteiger partial charge in [0.25, 0.3) is 0 Å². The minimum atomic E-state index is -0.110. The summed E-state index contributed by atoms with van der Waals surface area (Å²) >= 11 is 0. The molecule has 7 heteroatoms. The van der Waals surface area contributed by atoms with E-state index in [0.717, 1.165) is 19.3 Å². The van der Waals surface area contributed by atoms with Gasteiger partial charge in [-0.1, -0.05) is 22.5 Å². The minimum Gasteiger partial charge on any atom is -0.351 e.